The van der Waals surface area contributed by atoms with Gasteiger partial charge in [-0.15, -0.1) is 0 Å². The van der Waals surface area contributed by atoms with E-state index in [4.69, 9.17) is 16.0 Å². The van der Waals surface area contributed by atoms with Crippen molar-refractivity contribution in [2.45, 2.75) is 45.5 Å². The zero-order chi connectivity index (χ0) is 16.2. The topological polar surface area (TPSA) is 69.4 Å². The maximum atomic E-state index is 11.2. The van der Waals surface area contributed by atoms with Gasteiger partial charge in [0.1, 0.15) is 5.78 Å². The van der Waals surface area contributed by atoms with E-state index in [0.29, 0.717) is 23.4 Å². The van der Waals surface area contributed by atoms with Gasteiger partial charge >= 0.3 is 0 Å². The SMILES string of the molecule is CC(=O)CCC(O[Si](C)(C)C)c1cc([N+](=O)[O-])ccc1Cl. The molecule has 0 aliphatic heterocycles. The van der Waals surface area contributed by atoms with Crippen LogP contribution in [0.2, 0.25) is 24.7 Å². The number of nitrogens with zero attached hydrogens (tertiary/aromatic N) is 1. The van der Waals surface area contributed by atoms with Gasteiger partial charge in [0.2, 0.25) is 0 Å². The first-order valence-corrected chi connectivity index (χ1v) is 10.5. The Bertz CT molecular complexity index is 542. The molecule has 0 amide bonds. The number of hydrogen-bond acceptors (Lipinski definition) is 4. The van der Waals surface area contributed by atoms with E-state index in [0.717, 1.165) is 0 Å². The predicted molar refractivity (Wildman–Crippen MR) is 85.2 cm³/mol. The van der Waals surface area contributed by atoms with Gasteiger partial charge in [-0.1, -0.05) is 11.6 Å². The van der Waals surface area contributed by atoms with Crippen molar-refractivity contribution >= 4 is 31.4 Å². The molecule has 5 nitrogen and oxygen atoms in total. The van der Waals surface area contributed by atoms with Gasteiger partial charge in [0, 0.05) is 29.1 Å². The molecule has 1 unspecified atom stereocenters. The summed E-state index contributed by atoms with van der Waals surface area (Å²) < 4.78 is 6.07. The van der Waals surface area contributed by atoms with Crippen molar-refractivity contribution in [1.29, 1.82) is 0 Å². The van der Waals surface area contributed by atoms with Crippen LogP contribution in [0.4, 0.5) is 5.69 Å². The fourth-order valence-electron chi connectivity index (χ4n) is 1.93. The van der Waals surface area contributed by atoms with E-state index in [2.05, 4.69) is 0 Å². The van der Waals surface area contributed by atoms with E-state index in [1.165, 1.54) is 25.1 Å². The van der Waals surface area contributed by atoms with E-state index < -0.39 is 19.3 Å². The maximum absolute atomic E-state index is 11.2. The monoisotopic (exact) mass is 329 g/mol. The molecule has 0 N–H and O–H groups in total. The Balaban J connectivity index is 3.14. The van der Waals surface area contributed by atoms with Crippen LogP contribution in [0.5, 0.6) is 0 Å². The highest BCUT2D eigenvalue weighted by Crippen LogP contribution is 2.34. The number of carbonyl (C=O) groups is 1. The summed E-state index contributed by atoms with van der Waals surface area (Å²) in [5, 5.41) is 11.3. The molecular formula is C14H20ClNO4Si. The van der Waals surface area contributed by atoms with Crippen molar-refractivity contribution in [3.8, 4) is 0 Å². The maximum Gasteiger partial charge on any atom is 0.269 e. The third kappa shape index (κ3) is 5.95. The molecule has 7 heteroatoms. The average Bonchev–Trinajstić information content (AvgIpc) is 2.33. The van der Waals surface area contributed by atoms with Crippen molar-refractivity contribution in [1.82, 2.24) is 0 Å². The lowest BCUT2D eigenvalue weighted by molar-refractivity contribution is -0.385. The first-order chi connectivity index (χ1) is 9.60. The van der Waals surface area contributed by atoms with Crippen LogP contribution in [-0.2, 0) is 9.22 Å². The van der Waals surface area contributed by atoms with Crippen LogP contribution in [0.25, 0.3) is 0 Å². The second-order valence-corrected chi connectivity index (χ2v) is 10.8. The number of carbonyl (C=O) groups excluding carboxylic acids is 1. The second kappa shape index (κ2) is 7.15. The summed E-state index contributed by atoms with van der Waals surface area (Å²) in [6.45, 7) is 7.59. The molecule has 116 valence electrons. The highest BCUT2D eigenvalue weighted by Gasteiger charge is 2.25. The smallest absolute Gasteiger partial charge is 0.269 e. The fraction of sp³-hybridized carbons (Fsp3) is 0.500. The van der Waals surface area contributed by atoms with Gasteiger partial charge in [0.15, 0.2) is 8.32 Å². The molecule has 0 aliphatic carbocycles. The predicted octanol–water partition coefficient (Wildman–Crippen LogP) is 4.51. The molecule has 1 atom stereocenters. The number of halogens is 1. The molecule has 21 heavy (non-hydrogen) atoms. The molecule has 1 aromatic carbocycles. The number of ketones is 1. The highest BCUT2D eigenvalue weighted by molar-refractivity contribution is 6.69. The Morgan fingerprint density at radius 2 is 2.05 bits per heavy atom. The van der Waals surface area contributed by atoms with Crippen LogP contribution in [0.3, 0.4) is 0 Å². The number of benzene rings is 1. The Hall–Kier alpha value is -1.24. The van der Waals surface area contributed by atoms with Crippen molar-refractivity contribution in [2.24, 2.45) is 0 Å². The number of hydrogen-bond donors (Lipinski definition) is 0. The van der Waals surface area contributed by atoms with Gasteiger partial charge in [0.05, 0.1) is 11.0 Å². The minimum absolute atomic E-state index is 0.0265. The molecule has 1 aromatic rings. The number of non-ortho nitro benzene ring substituents is 1. The number of rotatable bonds is 7. The number of nitro groups is 1. The van der Waals surface area contributed by atoms with Crippen molar-refractivity contribution in [2.75, 3.05) is 0 Å². The molecule has 0 fully saturated rings. The van der Waals surface area contributed by atoms with Crippen LogP contribution in [0.1, 0.15) is 31.4 Å². The van der Waals surface area contributed by atoms with Crippen LogP contribution in [0, 0.1) is 10.1 Å². The van der Waals surface area contributed by atoms with Crippen LogP contribution >= 0.6 is 11.6 Å². The summed E-state index contributed by atoms with van der Waals surface area (Å²) in [6.07, 6.45) is 0.433. The summed E-state index contributed by atoms with van der Waals surface area (Å²) in [5.74, 6) is 0.0562. The molecule has 0 aliphatic rings. The summed E-state index contributed by atoms with van der Waals surface area (Å²) in [7, 11) is -1.88. The third-order valence-electron chi connectivity index (χ3n) is 2.79. The lowest BCUT2D eigenvalue weighted by Crippen LogP contribution is -2.28. The summed E-state index contributed by atoms with van der Waals surface area (Å²) in [4.78, 5) is 21.7. The Morgan fingerprint density at radius 3 is 2.52 bits per heavy atom. The normalized spacial score (nSPS) is 13.0. The van der Waals surface area contributed by atoms with Gasteiger partial charge in [-0.3, -0.25) is 10.1 Å². The van der Waals surface area contributed by atoms with E-state index in [-0.39, 0.29) is 11.5 Å². The summed E-state index contributed by atoms with van der Waals surface area (Å²) >= 11 is 6.17. The Labute approximate surface area is 130 Å². The first-order valence-electron chi connectivity index (χ1n) is 6.71. The molecule has 0 spiro atoms. The van der Waals surface area contributed by atoms with Crippen LogP contribution in [-0.4, -0.2) is 19.0 Å². The van der Waals surface area contributed by atoms with Gasteiger partial charge < -0.3 is 9.22 Å². The van der Waals surface area contributed by atoms with E-state index in [9.17, 15) is 14.9 Å². The Morgan fingerprint density at radius 1 is 1.43 bits per heavy atom. The molecule has 0 saturated heterocycles. The zero-order valence-electron chi connectivity index (χ0n) is 12.7. The molecular weight excluding hydrogens is 310 g/mol. The fourth-order valence-corrected chi connectivity index (χ4v) is 3.27. The van der Waals surface area contributed by atoms with Gasteiger partial charge in [-0.05, 0) is 39.1 Å². The minimum Gasteiger partial charge on any atom is -0.411 e. The zero-order valence-corrected chi connectivity index (χ0v) is 14.4. The Kier molecular flexibility index (Phi) is 6.06. The van der Waals surface area contributed by atoms with Gasteiger partial charge in [0.25, 0.3) is 5.69 Å². The molecule has 0 heterocycles. The van der Waals surface area contributed by atoms with E-state index in [1.54, 1.807) is 0 Å². The lowest BCUT2D eigenvalue weighted by atomic mass is 10.0. The van der Waals surface area contributed by atoms with E-state index >= 15 is 0 Å². The van der Waals surface area contributed by atoms with Crippen molar-refractivity contribution in [3.05, 3.63) is 38.9 Å². The molecule has 0 aromatic heterocycles. The molecule has 0 saturated carbocycles. The van der Waals surface area contributed by atoms with Crippen molar-refractivity contribution in [3.63, 3.8) is 0 Å². The number of Topliss-reactive ketones (excluding diaryl/α,β-unsaturated/α-hetero) is 1. The lowest BCUT2D eigenvalue weighted by Gasteiger charge is -2.27. The van der Waals surface area contributed by atoms with E-state index in [1.807, 2.05) is 19.6 Å². The largest absolute Gasteiger partial charge is 0.411 e. The quantitative estimate of drug-likeness (QED) is 0.419. The molecule has 0 bridgehead atoms. The second-order valence-electron chi connectivity index (χ2n) is 5.92. The summed E-state index contributed by atoms with van der Waals surface area (Å²) in [5.41, 5.74) is 0.552. The first kappa shape index (κ1) is 17.8. The highest BCUT2D eigenvalue weighted by atomic mass is 35.5. The molecule has 1 rings (SSSR count). The third-order valence-corrected chi connectivity index (χ3v) is 4.13. The average molecular weight is 330 g/mol. The standard InChI is InChI=1S/C14H20ClNO4Si/c1-10(17)5-8-14(20-21(2,3)4)12-9-11(16(18)19)6-7-13(12)15/h6-7,9,14H,5,8H2,1-4H3. The van der Waals surface area contributed by atoms with Crippen LogP contribution < -0.4 is 0 Å². The van der Waals surface area contributed by atoms with Crippen LogP contribution in [0.15, 0.2) is 18.2 Å². The minimum atomic E-state index is -1.88. The summed E-state index contributed by atoms with van der Waals surface area (Å²) in [6, 6.07) is 4.30. The van der Waals surface area contributed by atoms with Gasteiger partial charge in [-0.25, -0.2) is 0 Å². The number of nitro benzene ring substituents is 1. The molecule has 0 radical (unpaired) electrons. The van der Waals surface area contributed by atoms with Crippen molar-refractivity contribution < 1.29 is 14.1 Å². The van der Waals surface area contributed by atoms with Gasteiger partial charge in [-0.2, -0.15) is 0 Å².